The van der Waals surface area contributed by atoms with E-state index in [-0.39, 0.29) is 12.2 Å². The summed E-state index contributed by atoms with van der Waals surface area (Å²) in [5.74, 6) is -0.255. The number of carbonyl (C=O) groups is 1. The largest absolute Gasteiger partial charge is 0.290 e. The lowest BCUT2D eigenvalue weighted by Gasteiger charge is -1.87. The highest BCUT2D eigenvalue weighted by molar-refractivity contribution is 7.21. The van der Waals surface area contributed by atoms with Crippen LogP contribution in [0.3, 0.4) is 0 Å². The molecule has 0 N–H and O–H groups in total. The summed E-state index contributed by atoms with van der Waals surface area (Å²) in [4.78, 5) is 15.5. The van der Waals surface area contributed by atoms with Crippen LogP contribution < -0.4 is 0 Å². The number of fused-ring (bicyclic) bond motifs is 1. The van der Waals surface area contributed by atoms with Crippen molar-refractivity contribution in [3.63, 3.8) is 0 Å². The molecule has 74 valence electrons. The fourth-order valence-corrected chi connectivity index (χ4v) is 2.37. The van der Waals surface area contributed by atoms with Crippen LogP contribution in [0.15, 0.2) is 18.2 Å². The molecule has 1 heterocycles. The average Bonchev–Trinajstić information content (AvgIpc) is 2.63. The Morgan fingerprint density at radius 2 is 2.40 bits per heavy atom. The first-order valence-corrected chi connectivity index (χ1v) is 5.37. The van der Waals surface area contributed by atoms with Gasteiger partial charge in [-0.1, -0.05) is 17.7 Å². The summed E-state index contributed by atoms with van der Waals surface area (Å²) in [5.41, 5.74) is 0.703. The number of nitrogens with zero attached hydrogens (tertiary/aromatic N) is 2. The minimum Gasteiger partial charge on any atom is -0.290 e. The summed E-state index contributed by atoms with van der Waals surface area (Å²) >= 11 is 7.17. The number of Topliss-reactive ketones (excluding diaryl/α,β-unsaturated/α-hetero) is 1. The van der Waals surface area contributed by atoms with E-state index in [0.29, 0.717) is 15.5 Å². The number of hydrogen-bond donors (Lipinski definition) is 0. The molecule has 1 aromatic carbocycles. The van der Waals surface area contributed by atoms with Gasteiger partial charge >= 0.3 is 0 Å². The third-order valence-corrected chi connectivity index (χ3v) is 3.42. The lowest BCUT2D eigenvalue weighted by atomic mass is 10.3. The van der Waals surface area contributed by atoms with E-state index >= 15 is 0 Å². The smallest absolute Gasteiger partial charge is 0.205 e. The molecule has 1 aromatic heterocycles. The van der Waals surface area contributed by atoms with Gasteiger partial charge in [-0.25, -0.2) is 4.98 Å². The molecule has 0 radical (unpaired) electrons. The summed E-state index contributed by atoms with van der Waals surface area (Å²) in [7, 11) is 0. The van der Waals surface area contributed by atoms with Gasteiger partial charge in [-0.05, 0) is 12.1 Å². The van der Waals surface area contributed by atoms with Crippen LogP contribution in [0.4, 0.5) is 0 Å². The number of halogens is 1. The lowest BCUT2D eigenvalue weighted by Crippen LogP contribution is -1.95. The standard InChI is InChI=1S/C10H5ClN2OS/c11-6-2-1-3-7-9(6)15-10(13-7)8(14)4-5-12/h1-3H,4H2. The topological polar surface area (TPSA) is 53.8 Å². The quantitative estimate of drug-likeness (QED) is 0.753. The van der Waals surface area contributed by atoms with Crippen LogP contribution >= 0.6 is 22.9 Å². The minimum absolute atomic E-state index is 0.141. The molecule has 0 saturated carbocycles. The van der Waals surface area contributed by atoms with E-state index in [1.807, 2.05) is 6.07 Å². The van der Waals surface area contributed by atoms with E-state index in [2.05, 4.69) is 4.98 Å². The predicted octanol–water partition coefficient (Wildman–Crippen LogP) is 3.05. The van der Waals surface area contributed by atoms with E-state index in [1.165, 1.54) is 11.3 Å². The molecule has 0 fully saturated rings. The van der Waals surface area contributed by atoms with Gasteiger partial charge in [-0.2, -0.15) is 5.26 Å². The number of benzene rings is 1. The molecule has 0 atom stereocenters. The van der Waals surface area contributed by atoms with E-state index in [9.17, 15) is 4.79 Å². The average molecular weight is 237 g/mol. The number of thiazole rings is 1. The number of aromatic nitrogens is 1. The highest BCUT2D eigenvalue weighted by atomic mass is 35.5. The Morgan fingerprint density at radius 1 is 1.60 bits per heavy atom. The van der Waals surface area contributed by atoms with Crippen LogP contribution in [-0.2, 0) is 0 Å². The molecule has 5 heteroatoms. The van der Waals surface area contributed by atoms with Crippen molar-refractivity contribution in [2.45, 2.75) is 6.42 Å². The van der Waals surface area contributed by atoms with E-state index in [1.54, 1.807) is 18.2 Å². The van der Waals surface area contributed by atoms with Crippen molar-refractivity contribution in [1.29, 1.82) is 5.26 Å². The van der Waals surface area contributed by atoms with Crippen LogP contribution in [0.1, 0.15) is 16.2 Å². The zero-order chi connectivity index (χ0) is 10.8. The summed E-state index contributed by atoms with van der Waals surface area (Å²) in [5, 5.41) is 9.34. The van der Waals surface area contributed by atoms with Crippen molar-refractivity contribution in [3.8, 4) is 6.07 Å². The van der Waals surface area contributed by atoms with Crippen molar-refractivity contribution in [2.24, 2.45) is 0 Å². The fraction of sp³-hybridized carbons (Fsp3) is 0.100. The van der Waals surface area contributed by atoms with Gasteiger partial charge in [0.25, 0.3) is 0 Å². The Balaban J connectivity index is 2.53. The van der Waals surface area contributed by atoms with Crippen molar-refractivity contribution in [3.05, 3.63) is 28.2 Å². The van der Waals surface area contributed by atoms with Gasteiger partial charge in [0, 0.05) is 0 Å². The van der Waals surface area contributed by atoms with E-state index in [0.717, 1.165) is 4.70 Å². The first kappa shape index (κ1) is 10.1. The molecular weight excluding hydrogens is 232 g/mol. The van der Waals surface area contributed by atoms with Gasteiger partial charge in [-0.3, -0.25) is 4.79 Å². The molecule has 0 aliphatic carbocycles. The third-order valence-electron chi connectivity index (χ3n) is 1.85. The highest BCUT2D eigenvalue weighted by Gasteiger charge is 2.12. The van der Waals surface area contributed by atoms with Crippen LogP contribution in [0.2, 0.25) is 5.02 Å². The summed E-state index contributed by atoms with van der Waals surface area (Å²) in [6, 6.07) is 7.13. The number of rotatable bonds is 2. The van der Waals surface area contributed by atoms with Gasteiger partial charge < -0.3 is 0 Å². The molecule has 2 rings (SSSR count). The number of ketones is 1. The molecule has 0 aliphatic heterocycles. The van der Waals surface area contributed by atoms with Crippen molar-refractivity contribution >= 4 is 38.9 Å². The first-order chi connectivity index (χ1) is 7.22. The molecule has 0 unspecified atom stereocenters. The molecule has 2 aromatic rings. The van der Waals surface area contributed by atoms with Crippen LogP contribution in [0, 0.1) is 11.3 Å². The van der Waals surface area contributed by atoms with Gasteiger partial charge in [0.1, 0.15) is 6.42 Å². The molecule has 0 saturated heterocycles. The van der Waals surface area contributed by atoms with Crippen molar-refractivity contribution in [2.75, 3.05) is 0 Å². The first-order valence-electron chi connectivity index (χ1n) is 4.17. The van der Waals surface area contributed by atoms with Crippen LogP contribution in [0.5, 0.6) is 0 Å². The number of nitriles is 1. The minimum atomic E-state index is -0.255. The van der Waals surface area contributed by atoms with Crippen molar-refractivity contribution < 1.29 is 4.79 Å². The molecule has 0 aliphatic rings. The Kier molecular flexibility index (Phi) is 2.67. The van der Waals surface area contributed by atoms with Crippen LogP contribution in [-0.4, -0.2) is 10.8 Å². The maximum Gasteiger partial charge on any atom is 0.205 e. The Labute approximate surface area is 94.9 Å². The number of hydrogen-bond acceptors (Lipinski definition) is 4. The van der Waals surface area contributed by atoms with Gasteiger partial charge in [0.2, 0.25) is 5.78 Å². The zero-order valence-corrected chi connectivity index (χ0v) is 9.10. The van der Waals surface area contributed by atoms with Gasteiger partial charge in [0.15, 0.2) is 5.01 Å². The Hall–Kier alpha value is -1.44. The second-order valence-electron chi connectivity index (χ2n) is 2.87. The van der Waals surface area contributed by atoms with E-state index < -0.39 is 0 Å². The molecular formula is C10H5ClN2OS. The molecule has 0 bridgehead atoms. The molecule has 15 heavy (non-hydrogen) atoms. The maximum atomic E-state index is 11.4. The second-order valence-corrected chi connectivity index (χ2v) is 4.27. The molecule has 0 spiro atoms. The second kappa shape index (κ2) is 3.97. The maximum absolute atomic E-state index is 11.4. The molecule has 0 amide bonds. The summed E-state index contributed by atoms with van der Waals surface area (Å²) in [6.45, 7) is 0. The molecule has 3 nitrogen and oxygen atoms in total. The third kappa shape index (κ3) is 1.84. The Bertz CT molecular complexity index is 570. The SMILES string of the molecule is N#CCC(=O)c1nc2cccc(Cl)c2s1. The zero-order valence-electron chi connectivity index (χ0n) is 7.53. The van der Waals surface area contributed by atoms with E-state index in [4.69, 9.17) is 16.9 Å². The monoisotopic (exact) mass is 236 g/mol. The van der Waals surface area contributed by atoms with Gasteiger partial charge in [-0.15, -0.1) is 11.3 Å². The predicted molar refractivity (Wildman–Crippen MR) is 59.2 cm³/mol. The fourth-order valence-electron chi connectivity index (χ4n) is 1.18. The van der Waals surface area contributed by atoms with Crippen molar-refractivity contribution in [1.82, 2.24) is 4.98 Å². The highest BCUT2D eigenvalue weighted by Crippen LogP contribution is 2.29. The van der Waals surface area contributed by atoms with Crippen LogP contribution in [0.25, 0.3) is 10.2 Å². The normalized spacial score (nSPS) is 10.1. The lowest BCUT2D eigenvalue weighted by molar-refractivity contribution is 0.0997. The Morgan fingerprint density at radius 3 is 3.07 bits per heavy atom. The number of carbonyl (C=O) groups excluding carboxylic acids is 1. The van der Waals surface area contributed by atoms with Gasteiger partial charge in [0.05, 0.1) is 21.3 Å². The summed E-state index contributed by atoms with van der Waals surface area (Å²) < 4.78 is 0.792. The summed E-state index contributed by atoms with van der Waals surface area (Å²) in [6.07, 6.45) is -0.141.